The van der Waals surface area contributed by atoms with Gasteiger partial charge in [-0.2, -0.15) is 12.7 Å². The Balaban J connectivity index is 2.18. The Bertz CT molecular complexity index is 566. The van der Waals surface area contributed by atoms with Crippen LogP contribution >= 0.6 is 0 Å². The fourth-order valence-corrected chi connectivity index (χ4v) is 3.83. The molecule has 1 heterocycles. The lowest BCUT2D eigenvalue weighted by atomic mass is 9.98. The van der Waals surface area contributed by atoms with Crippen LogP contribution in [0.25, 0.3) is 0 Å². The van der Waals surface area contributed by atoms with Gasteiger partial charge in [-0.05, 0) is 30.0 Å². The van der Waals surface area contributed by atoms with Gasteiger partial charge in [-0.1, -0.05) is 6.92 Å². The minimum absolute atomic E-state index is 0.155. The largest absolute Gasteiger partial charge is 0.497 e. The summed E-state index contributed by atoms with van der Waals surface area (Å²) in [7, 11) is -0.149. The quantitative estimate of drug-likeness (QED) is 0.860. The lowest BCUT2D eigenvalue weighted by molar-refractivity contribution is 0.392. The third-order valence-corrected chi connectivity index (χ3v) is 5.33. The van der Waals surface area contributed by atoms with Crippen LogP contribution in [0.2, 0.25) is 0 Å². The highest BCUT2D eigenvalue weighted by atomic mass is 32.2. The summed E-state index contributed by atoms with van der Waals surface area (Å²) >= 11 is 0. The van der Waals surface area contributed by atoms with Crippen LogP contribution in [0.1, 0.15) is 24.8 Å². The molecule has 0 radical (unpaired) electrons. The summed E-state index contributed by atoms with van der Waals surface area (Å²) in [4.78, 5) is 0. The van der Waals surface area contributed by atoms with Crippen molar-refractivity contribution in [2.24, 2.45) is 0 Å². The Morgan fingerprint density at radius 3 is 2.38 bits per heavy atom. The third-order valence-electron chi connectivity index (χ3n) is 3.66. The van der Waals surface area contributed by atoms with Gasteiger partial charge >= 0.3 is 0 Å². The van der Waals surface area contributed by atoms with E-state index in [4.69, 9.17) is 9.47 Å². The maximum Gasteiger partial charge on any atom is 0.279 e. The SMILES string of the molecule is CCNS(=O)(=O)N1CC[C@H](c2cc(OC)cc(OC)c2)C1. The van der Waals surface area contributed by atoms with Crippen LogP contribution in [0.3, 0.4) is 0 Å². The Labute approximate surface area is 126 Å². The molecule has 0 aromatic heterocycles. The van der Waals surface area contributed by atoms with E-state index in [1.807, 2.05) is 18.2 Å². The van der Waals surface area contributed by atoms with Crippen molar-refractivity contribution in [1.29, 1.82) is 0 Å². The minimum Gasteiger partial charge on any atom is -0.497 e. The molecule has 2 rings (SSSR count). The number of methoxy groups -OCH3 is 2. The average molecular weight is 314 g/mol. The molecule has 1 fully saturated rings. The number of hydrogen-bond donors (Lipinski definition) is 1. The van der Waals surface area contributed by atoms with Crippen molar-refractivity contribution in [3.05, 3.63) is 23.8 Å². The predicted molar refractivity (Wildman–Crippen MR) is 81.1 cm³/mol. The third kappa shape index (κ3) is 3.66. The maximum atomic E-state index is 12.0. The molecule has 1 aromatic carbocycles. The highest BCUT2D eigenvalue weighted by Gasteiger charge is 2.32. The van der Waals surface area contributed by atoms with E-state index < -0.39 is 10.2 Å². The second-order valence-electron chi connectivity index (χ2n) is 4.99. The predicted octanol–water partition coefficient (Wildman–Crippen LogP) is 1.35. The monoisotopic (exact) mass is 314 g/mol. The Morgan fingerprint density at radius 1 is 1.24 bits per heavy atom. The highest BCUT2D eigenvalue weighted by Crippen LogP contribution is 2.33. The number of ether oxygens (including phenoxy) is 2. The molecule has 1 N–H and O–H groups in total. The van der Waals surface area contributed by atoms with E-state index in [-0.39, 0.29) is 5.92 Å². The fraction of sp³-hybridized carbons (Fsp3) is 0.571. The Morgan fingerprint density at radius 2 is 1.86 bits per heavy atom. The summed E-state index contributed by atoms with van der Waals surface area (Å²) in [5.41, 5.74) is 1.04. The van der Waals surface area contributed by atoms with Crippen LogP contribution in [0.15, 0.2) is 18.2 Å². The van der Waals surface area contributed by atoms with Crippen molar-refractivity contribution in [1.82, 2.24) is 9.03 Å². The zero-order valence-electron chi connectivity index (χ0n) is 12.6. The first-order valence-electron chi connectivity index (χ1n) is 6.98. The molecule has 1 aromatic rings. The van der Waals surface area contributed by atoms with E-state index >= 15 is 0 Å². The zero-order valence-corrected chi connectivity index (χ0v) is 13.4. The summed E-state index contributed by atoms with van der Waals surface area (Å²) in [5, 5.41) is 0. The average Bonchev–Trinajstić information content (AvgIpc) is 2.97. The van der Waals surface area contributed by atoms with Gasteiger partial charge in [0.15, 0.2) is 0 Å². The Hall–Kier alpha value is -1.31. The maximum absolute atomic E-state index is 12.0. The van der Waals surface area contributed by atoms with Crippen molar-refractivity contribution in [2.75, 3.05) is 33.9 Å². The molecule has 118 valence electrons. The van der Waals surface area contributed by atoms with Gasteiger partial charge in [0.2, 0.25) is 0 Å². The summed E-state index contributed by atoms with van der Waals surface area (Å²) in [6.45, 7) is 3.18. The van der Waals surface area contributed by atoms with Crippen molar-refractivity contribution in [3.63, 3.8) is 0 Å². The summed E-state index contributed by atoms with van der Waals surface area (Å²) in [6.07, 6.45) is 0.793. The fourth-order valence-electron chi connectivity index (χ4n) is 2.56. The summed E-state index contributed by atoms with van der Waals surface area (Å²) in [5.74, 6) is 1.59. The minimum atomic E-state index is -3.36. The number of nitrogens with zero attached hydrogens (tertiary/aromatic N) is 1. The first-order chi connectivity index (χ1) is 10.00. The molecular formula is C14H22N2O4S. The van der Waals surface area contributed by atoms with Gasteiger partial charge in [0.05, 0.1) is 14.2 Å². The van der Waals surface area contributed by atoms with Crippen molar-refractivity contribution >= 4 is 10.2 Å². The molecule has 6 nitrogen and oxygen atoms in total. The van der Waals surface area contributed by atoms with Gasteiger partial charge in [-0.25, -0.2) is 4.72 Å². The first-order valence-corrected chi connectivity index (χ1v) is 8.42. The van der Waals surface area contributed by atoms with Gasteiger partial charge in [0.1, 0.15) is 11.5 Å². The standard InChI is InChI=1S/C14H22N2O4S/c1-4-15-21(17,18)16-6-5-11(10-16)12-7-13(19-2)9-14(8-12)20-3/h7-9,11,15H,4-6,10H2,1-3H3/t11-/m0/s1. The molecule has 1 aliphatic rings. The van der Waals surface area contributed by atoms with E-state index in [0.29, 0.717) is 19.6 Å². The number of benzene rings is 1. The molecule has 1 aliphatic heterocycles. The molecular weight excluding hydrogens is 292 g/mol. The van der Waals surface area contributed by atoms with E-state index in [1.54, 1.807) is 21.1 Å². The lowest BCUT2D eigenvalue weighted by Gasteiger charge is -2.17. The first kappa shape index (κ1) is 16.1. The second-order valence-corrected chi connectivity index (χ2v) is 6.75. The van der Waals surface area contributed by atoms with Crippen LogP contribution in [0, 0.1) is 0 Å². The van der Waals surface area contributed by atoms with Crippen molar-refractivity contribution in [3.8, 4) is 11.5 Å². The molecule has 0 bridgehead atoms. The molecule has 0 spiro atoms. The number of nitrogens with one attached hydrogen (secondary N) is 1. The second kappa shape index (κ2) is 6.64. The molecule has 1 atom stereocenters. The molecule has 0 unspecified atom stereocenters. The van der Waals surface area contributed by atoms with Gasteiger partial charge in [-0.15, -0.1) is 0 Å². The van der Waals surface area contributed by atoms with Gasteiger partial charge in [-0.3, -0.25) is 0 Å². The number of rotatable bonds is 6. The van der Waals surface area contributed by atoms with E-state index in [9.17, 15) is 8.42 Å². The van der Waals surface area contributed by atoms with Gasteiger partial charge in [0, 0.05) is 25.7 Å². The van der Waals surface area contributed by atoms with Crippen LogP contribution in [0.5, 0.6) is 11.5 Å². The van der Waals surface area contributed by atoms with Crippen molar-refractivity contribution < 1.29 is 17.9 Å². The Kier molecular flexibility index (Phi) is 5.08. The molecule has 1 saturated heterocycles. The smallest absolute Gasteiger partial charge is 0.279 e. The molecule has 0 aliphatic carbocycles. The highest BCUT2D eigenvalue weighted by molar-refractivity contribution is 7.87. The molecule has 21 heavy (non-hydrogen) atoms. The van der Waals surface area contributed by atoms with Crippen LogP contribution in [-0.4, -0.2) is 46.6 Å². The van der Waals surface area contributed by atoms with Crippen LogP contribution in [-0.2, 0) is 10.2 Å². The summed E-state index contributed by atoms with van der Waals surface area (Å²) in [6, 6.07) is 5.69. The molecule has 0 amide bonds. The summed E-state index contributed by atoms with van der Waals surface area (Å²) < 4.78 is 38.6. The van der Waals surface area contributed by atoms with E-state index in [2.05, 4.69) is 4.72 Å². The van der Waals surface area contributed by atoms with Crippen LogP contribution in [0.4, 0.5) is 0 Å². The van der Waals surface area contributed by atoms with Crippen molar-refractivity contribution in [2.45, 2.75) is 19.3 Å². The number of hydrogen-bond acceptors (Lipinski definition) is 4. The van der Waals surface area contributed by atoms with Gasteiger partial charge in [0.25, 0.3) is 10.2 Å². The van der Waals surface area contributed by atoms with Crippen LogP contribution < -0.4 is 14.2 Å². The normalized spacial score (nSPS) is 19.7. The zero-order chi connectivity index (χ0) is 15.5. The lowest BCUT2D eigenvalue weighted by Crippen LogP contribution is -2.39. The topological polar surface area (TPSA) is 67.9 Å². The molecule has 0 saturated carbocycles. The molecule has 7 heteroatoms. The van der Waals surface area contributed by atoms with E-state index in [1.165, 1.54) is 4.31 Å². The van der Waals surface area contributed by atoms with E-state index in [0.717, 1.165) is 23.5 Å². The van der Waals surface area contributed by atoms with Gasteiger partial charge < -0.3 is 9.47 Å².